The van der Waals surface area contributed by atoms with Crippen LogP contribution >= 0.6 is 0 Å². The molecular formula is C15H16N4O4. The third-order valence-corrected chi connectivity index (χ3v) is 4.32. The van der Waals surface area contributed by atoms with Gasteiger partial charge in [0, 0.05) is 25.2 Å². The summed E-state index contributed by atoms with van der Waals surface area (Å²) in [6.45, 7) is 3.16. The Morgan fingerprint density at radius 1 is 1.39 bits per heavy atom. The molecule has 8 heteroatoms. The molecule has 4 heterocycles. The van der Waals surface area contributed by atoms with Crippen LogP contribution in [0.3, 0.4) is 0 Å². The first-order valence-corrected chi connectivity index (χ1v) is 7.53. The van der Waals surface area contributed by atoms with E-state index in [2.05, 4.69) is 10.3 Å². The minimum atomic E-state index is -0.281. The number of carbonyl (C=O) groups excluding carboxylic acids is 1. The predicted molar refractivity (Wildman–Crippen MR) is 77.9 cm³/mol. The Bertz CT molecular complexity index is 812. The number of piperidine rings is 1. The van der Waals surface area contributed by atoms with Crippen molar-refractivity contribution in [3.8, 4) is 0 Å². The zero-order valence-corrected chi connectivity index (χ0v) is 12.6. The summed E-state index contributed by atoms with van der Waals surface area (Å²) in [4.78, 5) is 25.9. The molecule has 2 aromatic rings. The highest BCUT2D eigenvalue weighted by Crippen LogP contribution is 2.30. The molecule has 2 aromatic heterocycles. The van der Waals surface area contributed by atoms with Crippen LogP contribution in [0.4, 0.5) is 0 Å². The molecule has 0 spiro atoms. The van der Waals surface area contributed by atoms with Crippen LogP contribution in [0.5, 0.6) is 0 Å². The van der Waals surface area contributed by atoms with E-state index in [9.17, 15) is 9.59 Å². The number of aromatic nitrogens is 3. The molecule has 23 heavy (non-hydrogen) atoms. The van der Waals surface area contributed by atoms with Crippen molar-refractivity contribution in [2.24, 2.45) is 0 Å². The molecule has 120 valence electrons. The predicted octanol–water partition coefficient (Wildman–Crippen LogP) is 0.526. The van der Waals surface area contributed by atoms with E-state index in [1.807, 2.05) is 4.68 Å². The van der Waals surface area contributed by atoms with Gasteiger partial charge in [-0.1, -0.05) is 5.21 Å². The third kappa shape index (κ3) is 2.44. The molecule has 0 saturated carbocycles. The molecule has 0 bridgehead atoms. The monoisotopic (exact) mass is 316 g/mol. The van der Waals surface area contributed by atoms with Crippen LogP contribution in [-0.2, 0) is 11.3 Å². The molecule has 8 nitrogen and oxygen atoms in total. The van der Waals surface area contributed by atoms with E-state index in [4.69, 9.17) is 9.15 Å². The summed E-state index contributed by atoms with van der Waals surface area (Å²) in [5, 5.41) is 8.03. The zero-order chi connectivity index (χ0) is 16.0. The van der Waals surface area contributed by atoms with Gasteiger partial charge < -0.3 is 14.1 Å². The summed E-state index contributed by atoms with van der Waals surface area (Å²) in [5.74, 6) is 0.218. The van der Waals surface area contributed by atoms with Crippen LogP contribution in [0.15, 0.2) is 27.5 Å². The maximum atomic E-state index is 12.6. The van der Waals surface area contributed by atoms with Gasteiger partial charge in [0.1, 0.15) is 5.76 Å². The SMILES string of the molecule is Cc1cc(=O)cc(C(=O)N2CC[C@H]3OCc4cnnn4[C@H]3C2)o1. The molecule has 0 unspecified atom stereocenters. The van der Waals surface area contributed by atoms with Crippen molar-refractivity contribution in [2.75, 3.05) is 13.1 Å². The number of carbonyl (C=O) groups is 1. The minimum Gasteiger partial charge on any atom is -0.456 e. The van der Waals surface area contributed by atoms with Crippen molar-refractivity contribution >= 4 is 5.91 Å². The molecule has 1 fully saturated rings. The molecule has 1 amide bonds. The standard InChI is InChI=1S/C15H16N4O4/c1-9-4-11(20)5-14(23-9)15(21)18-3-2-13-12(7-18)19-10(8-22-13)6-16-17-19/h4-6,12-13H,2-3,7-8H2,1H3/t12-,13+/m0/s1. The summed E-state index contributed by atoms with van der Waals surface area (Å²) in [6, 6.07) is 2.54. The van der Waals surface area contributed by atoms with Crippen molar-refractivity contribution in [3.63, 3.8) is 0 Å². The Labute approximate surface area is 131 Å². The van der Waals surface area contributed by atoms with Gasteiger partial charge in [0.25, 0.3) is 5.91 Å². The van der Waals surface area contributed by atoms with Gasteiger partial charge in [0.2, 0.25) is 0 Å². The van der Waals surface area contributed by atoms with E-state index in [1.165, 1.54) is 12.1 Å². The Kier molecular flexibility index (Phi) is 3.26. The van der Waals surface area contributed by atoms with Gasteiger partial charge in [-0.2, -0.15) is 0 Å². The molecule has 2 aliphatic rings. The maximum Gasteiger partial charge on any atom is 0.289 e. The lowest BCUT2D eigenvalue weighted by Crippen LogP contribution is -2.50. The lowest BCUT2D eigenvalue weighted by Gasteiger charge is -2.40. The number of amides is 1. The number of aryl methyl sites for hydroxylation is 1. The first-order valence-electron chi connectivity index (χ1n) is 7.53. The van der Waals surface area contributed by atoms with E-state index in [0.29, 0.717) is 31.9 Å². The molecular weight excluding hydrogens is 300 g/mol. The van der Waals surface area contributed by atoms with Crippen LogP contribution in [0.25, 0.3) is 0 Å². The highest BCUT2D eigenvalue weighted by atomic mass is 16.5. The van der Waals surface area contributed by atoms with Crippen LogP contribution in [0.2, 0.25) is 0 Å². The van der Waals surface area contributed by atoms with E-state index < -0.39 is 0 Å². The van der Waals surface area contributed by atoms with Crippen molar-refractivity contribution < 1.29 is 13.9 Å². The highest BCUT2D eigenvalue weighted by Gasteiger charge is 2.38. The summed E-state index contributed by atoms with van der Waals surface area (Å²) < 4.78 is 13.1. The molecule has 0 radical (unpaired) electrons. The minimum absolute atomic E-state index is 0.0257. The quantitative estimate of drug-likeness (QED) is 0.762. The Balaban J connectivity index is 1.60. The number of likely N-dealkylation sites (tertiary alicyclic amines) is 1. The molecule has 2 atom stereocenters. The molecule has 2 aliphatic heterocycles. The van der Waals surface area contributed by atoms with E-state index in [-0.39, 0.29) is 29.2 Å². The fourth-order valence-corrected chi connectivity index (χ4v) is 3.23. The number of nitrogens with zero attached hydrogens (tertiary/aromatic N) is 4. The van der Waals surface area contributed by atoms with Gasteiger partial charge >= 0.3 is 0 Å². The second-order valence-corrected chi connectivity index (χ2v) is 5.89. The van der Waals surface area contributed by atoms with Gasteiger partial charge in [-0.25, -0.2) is 4.68 Å². The van der Waals surface area contributed by atoms with Gasteiger partial charge in [-0.15, -0.1) is 5.10 Å². The molecule has 4 rings (SSSR count). The van der Waals surface area contributed by atoms with Crippen molar-refractivity contribution in [2.45, 2.75) is 32.1 Å². The average molecular weight is 316 g/mol. The van der Waals surface area contributed by atoms with Gasteiger partial charge in [-0.05, 0) is 13.3 Å². The van der Waals surface area contributed by atoms with E-state index >= 15 is 0 Å². The molecule has 0 N–H and O–H groups in total. The number of rotatable bonds is 1. The normalized spacial score (nSPS) is 23.3. The summed E-state index contributed by atoms with van der Waals surface area (Å²) in [7, 11) is 0. The van der Waals surface area contributed by atoms with Crippen molar-refractivity contribution in [1.82, 2.24) is 19.9 Å². The number of hydrogen-bond donors (Lipinski definition) is 0. The van der Waals surface area contributed by atoms with Crippen LogP contribution in [-0.4, -0.2) is 45.0 Å². The second-order valence-electron chi connectivity index (χ2n) is 5.89. The van der Waals surface area contributed by atoms with Gasteiger partial charge in [-0.3, -0.25) is 9.59 Å². The number of hydrogen-bond acceptors (Lipinski definition) is 6. The second kappa shape index (κ2) is 5.31. The molecule has 0 aromatic carbocycles. The fourth-order valence-electron chi connectivity index (χ4n) is 3.23. The highest BCUT2D eigenvalue weighted by molar-refractivity contribution is 5.91. The Morgan fingerprint density at radius 3 is 3.09 bits per heavy atom. The first kappa shape index (κ1) is 14.1. The van der Waals surface area contributed by atoms with Crippen LogP contribution in [0.1, 0.15) is 34.5 Å². The van der Waals surface area contributed by atoms with E-state index in [0.717, 1.165) is 5.69 Å². The lowest BCUT2D eigenvalue weighted by atomic mass is 10.00. The van der Waals surface area contributed by atoms with Crippen molar-refractivity contribution in [1.29, 1.82) is 0 Å². The van der Waals surface area contributed by atoms with Crippen molar-refractivity contribution in [3.05, 3.63) is 45.8 Å². The average Bonchev–Trinajstić information content (AvgIpc) is 3.01. The summed E-state index contributed by atoms with van der Waals surface area (Å²) in [5.41, 5.74) is 0.675. The van der Waals surface area contributed by atoms with Crippen LogP contribution < -0.4 is 5.43 Å². The maximum absolute atomic E-state index is 12.6. The number of ether oxygens (including phenoxy) is 1. The van der Waals surface area contributed by atoms with Gasteiger partial charge in [0.15, 0.2) is 11.2 Å². The summed E-state index contributed by atoms with van der Waals surface area (Å²) >= 11 is 0. The molecule has 1 saturated heterocycles. The Morgan fingerprint density at radius 2 is 2.26 bits per heavy atom. The topological polar surface area (TPSA) is 90.5 Å². The summed E-state index contributed by atoms with van der Waals surface area (Å²) in [6.07, 6.45) is 2.42. The lowest BCUT2D eigenvalue weighted by molar-refractivity contribution is -0.0608. The molecule has 0 aliphatic carbocycles. The van der Waals surface area contributed by atoms with E-state index in [1.54, 1.807) is 18.0 Å². The first-order chi connectivity index (χ1) is 11.1. The number of fused-ring (bicyclic) bond motifs is 3. The zero-order valence-electron chi connectivity index (χ0n) is 12.6. The van der Waals surface area contributed by atoms with Crippen LogP contribution in [0, 0.1) is 6.92 Å². The third-order valence-electron chi connectivity index (χ3n) is 4.32. The fraction of sp³-hybridized carbons (Fsp3) is 0.467. The smallest absolute Gasteiger partial charge is 0.289 e. The Hall–Kier alpha value is -2.48. The largest absolute Gasteiger partial charge is 0.456 e. The van der Waals surface area contributed by atoms with Gasteiger partial charge in [0.05, 0.1) is 30.6 Å².